The fraction of sp³-hybridized carbons (Fsp3) is 0.571. The molecule has 8 heteroatoms. The zero-order valence-corrected chi connectivity index (χ0v) is 14.1. The maximum atomic E-state index is 11.5. The smallest absolute Gasteiger partial charge is 0.407 e. The van der Waals surface area contributed by atoms with Crippen LogP contribution in [0.15, 0.2) is 12.4 Å². The number of halogens is 2. The normalized spacial score (nSPS) is 14.3. The molecule has 124 valence electrons. The Morgan fingerprint density at radius 3 is 2.36 bits per heavy atom. The first kappa shape index (κ1) is 19.0. The third kappa shape index (κ3) is 5.96. The molecule has 3 N–H and O–H groups in total. The molecular formula is C14H20Cl2N2O4. The molecule has 0 aliphatic rings. The van der Waals surface area contributed by atoms with E-state index >= 15 is 0 Å². The van der Waals surface area contributed by atoms with Crippen molar-refractivity contribution in [1.29, 1.82) is 0 Å². The summed E-state index contributed by atoms with van der Waals surface area (Å²) in [5, 5.41) is 22.9. The molecule has 0 spiro atoms. The van der Waals surface area contributed by atoms with E-state index in [1.807, 2.05) is 0 Å². The van der Waals surface area contributed by atoms with E-state index < -0.39 is 23.9 Å². The van der Waals surface area contributed by atoms with Crippen LogP contribution in [0.25, 0.3) is 0 Å². The summed E-state index contributed by atoms with van der Waals surface area (Å²) in [6.45, 7) is 5.38. The minimum atomic E-state index is -1.27. The molecule has 0 bridgehead atoms. The molecule has 6 nitrogen and oxygen atoms in total. The molecule has 0 saturated heterocycles. The van der Waals surface area contributed by atoms with Crippen molar-refractivity contribution in [3.63, 3.8) is 0 Å². The van der Waals surface area contributed by atoms with Crippen LogP contribution in [-0.4, -0.2) is 39.5 Å². The number of pyridine rings is 1. The Labute approximate surface area is 139 Å². The molecule has 0 fully saturated rings. The molecule has 1 aromatic rings. The van der Waals surface area contributed by atoms with E-state index in [1.165, 1.54) is 12.4 Å². The van der Waals surface area contributed by atoms with Crippen molar-refractivity contribution < 1.29 is 19.7 Å². The van der Waals surface area contributed by atoms with Gasteiger partial charge in [0.2, 0.25) is 0 Å². The van der Waals surface area contributed by atoms with Gasteiger partial charge in [-0.25, -0.2) is 4.79 Å². The standard InChI is InChI=1S/C14H20Cl2N2O4/c1-14(2,3)22-13(21)18-5-4-10(19)12(20)11-8(15)6-17-7-9(11)16/h6-7,10,12,19-20H,4-5H2,1-3H3,(H,18,21). The monoisotopic (exact) mass is 350 g/mol. The predicted octanol–water partition coefficient (Wildman–Crippen LogP) is 2.70. The number of carbonyl (C=O) groups excluding carboxylic acids is 1. The first-order chi connectivity index (χ1) is 10.1. The summed E-state index contributed by atoms with van der Waals surface area (Å²) < 4.78 is 5.06. The van der Waals surface area contributed by atoms with Gasteiger partial charge in [-0.3, -0.25) is 4.98 Å². The highest BCUT2D eigenvalue weighted by Crippen LogP contribution is 2.31. The molecule has 1 rings (SSSR count). The van der Waals surface area contributed by atoms with Crippen LogP contribution in [0.5, 0.6) is 0 Å². The van der Waals surface area contributed by atoms with Gasteiger partial charge in [0.25, 0.3) is 0 Å². The Balaban J connectivity index is 2.52. The fourth-order valence-electron chi connectivity index (χ4n) is 1.69. The number of aromatic nitrogens is 1. The van der Waals surface area contributed by atoms with Crippen molar-refractivity contribution in [2.24, 2.45) is 0 Å². The van der Waals surface area contributed by atoms with E-state index in [1.54, 1.807) is 20.8 Å². The van der Waals surface area contributed by atoms with Crippen molar-refractivity contribution in [2.45, 2.75) is 45.0 Å². The summed E-state index contributed by atoms with van der Waals surface area (Å²) in [4.78, 5) is 15.2. The van der Waals surface area contributed by atoms with Crippen molar-refractivity contribution in [1.82, 2.24) is 10.3 Å². The lowest BCUT2D eigenvalue weighted by Gasteiger charge is -2.22. The molecule has 2 atom stereocenters. The Kier molecular flexibility index (Phi) is 6.87. The number of carbonyl (C=O) groups is 1. The Bertz CT molecular complexity index is 500. The van der Waals surface area contributed by atoms with Crippen LogP contribution >= 0.6 is 23.2 Å². The first-order valence-corrected chi connectivity index (χ1v) is 7.49. The number of ether oxygens (including phenoxy) is 1. The molecule has 2 unspecified atom stereocenters. The van der Waals surface area contributed by atoms with Gasteiger partial charge in [-0.1, -0.05) is 23.2 Å². The summed E-state index contributed by atoms with van der Waals surface area (Å²) in [6.07, 6.45) is -0.241. The lowest BCUT2D eigenvalue weighted by atomic mass is 10.0. The van der Waals surface area contributed by atoms with Crippen molar-refractivity contribution in [3.05, 3.63) is 28.0 Å². The van der Waals surface area contributed by atoms with Gasteiger partial charge in [0.1, 0.15) is 11.7 Å². The number of alkyl carbamates (subject to hydrolysis) is 1. The van der Waals surface area contributed by atoms with Gasteiger partial charge in [-0.15, -0.1) is 0 Å². The molecule has 22 heavy (non-hydrogen) atoms. The van der Waals surface area contributed by atoms with Gasteiger partial charge in [0, 0.05) is 24.5 Å². The maximum Gasteiger partial charge on any atom is 0.407 e. The highest BCUT2D eigenvalue weighted by atomic mass is 35.5. The van der Waals surface area contributed by atoms with Crippen LogP contribution in [0.1, 0.15) is 38.9 Å². The van der Waals surface area contributed by atoms with Crippen molar-refractivity contribution in [2.75, 3.05) is 6.54 Å². The minimum Gasteiger partial charge on any atom is -0.444 e. The largest absolute Gasteiger partial charge is 0.444 e. The SMILES string of the molecule is CC(C)(C)OC(=O)NCCC(O)C(O)c1c(Cl)cncc1Cl. The Morgan fingerprint density at radius 1 is 1.32 bits per heavy atom. The Morgan fingerprint density at radius 2 is 1.86 bits per heavy atom. The van der Waals surface area contributed by atoms with Gasteiger partial charge < -0.3 is 20.3 Å². The zero-order valence-electron chi connectivity index (χ0n) is 12.6. The van der Waals surface area contributed by atoms with Gasteiger partial charge in [0.05, 0.1) is 16.1 Å². The van der Waals surface area contributed by atoms with Crippen LogP contribution < -0.4 is 5.32 Å². The molecule has 1 aromatic heterocycles. The van der Waals surface area contributed by atoms with Crippen LogP contribution in [0.3, 0.4) is 0 Å². The number of aliphatic hydroxyl groups is 2. The second-order valence-electron chi connectivity index (χ2n) is 5.75. The molecule has 1 amide bonds. The van der Waals surface area contributed by atoms with Gasteiger partial charge in [0.15, 0.2) is 0 Å². The summed E-state index contributed by atoms with van der Waals surface area (Å²) in [6, 6.07) is 0. The van der Waals surface area contributed by atoms with E-state index in [4.69, 9.17) is 27.9 Å². The fourth-order valence-corrected chi connectivity index (χ4v) is 2.28. The topological polar surface area (TPSA) is 91.7 Å². The van der Waals surface area contributed by atoms with E-state index in [2.05, 4.69) is 10.3 Å². The van der Waals surface area contributed by atoms with Crippen molar-refractivity contribution in [3.8, 4) is 0 Å². The van der Waals surface area contributed by atoms with E-state index in [-0.39, 0.29) is 28.6 Å². The highest BCUT2D eigenvalue weighted by molar-refractivity contribution is 6.35. The average Bonchev–Trinajstić information content (AvgIpc) is 2.35. The summed E-state index contributed by atoms with van der Waals surface area (Å²) in [5.41, 5.74) is -0.386. The minimum absolute atomic E-state index is 0.107. The number of amides is 1. The average molecular weight is 351 g/mol. The summed E-state index contributed by atoms with van der Waals surface area (Å²) >= 11 is 11.8. The number of aliphatic hydroxyl groups excluding tert-OH is 2. The number of hydrogen-bond acceptors (Lipinski definition) is 5. The third-order valence-electron chi connectivity index (χ3n) is 2.66. The van der Waals surface area contributed by atoms with Gasteiger partial charge >= 0.3 is 6.09 Å². The first-order valence-electron chi connectivity index (χ1n) is 6.73. The van der Waals surface area contributed by atoms with Crippen LogP contribution in [0, 0.1) is 0 Å². The predicted molar refractivity (Wildman–Crippen MR) is 84.1 cm³/mol. The number of nitrogens with one attached hydrogen (secondary N) is 1. The zero-order chi connectivity index (χ0) is 16.9. The second kappa shape index (κ2) is 7.97. The number of nitrogens with zero attached hydrogens (tertiary/aromatic N) is 1. The quantitative estimate of drug-likeness (QED) is 0.759. The third-order valence-corrected chi connectivity index (χ3v) is 3.26. The van der Waals surface area contributed by atoms with E-state index in [9.17, 15) is 15.0 Å². The number of rotatable bonds is 5. The van der Waals surface area contributed by atoms with Crippen molar-refractivity contribution >= 4 is 29.3 Å². The molecule has 0 radical (unpaired) electrons. The lowest BCUT2D eigenvalue weighted by Crippen LogP contribution is -2.34. The van der Waals surface area contributed by atoms with Crippen LogP contribution in [0.4, 0.5) is 4.79 Å². The molecule has 0 aromatic carbocycles. The molecule has 0 saturated carbocycles. The van der Waals surface area contributed by atoms with E-state index in [0.717, 1.165) is 0 Å². The summed E-state index contributed by atoms with van der Waals surface area (Å²) in [7, 11) is 0. The molecule has 0 aliphatic heterocycles. The number of hydrogen-bond donors (Lipinski definition) is 3. The van der Waals surface area contributed by atoms with Gasteiger partial charge in [-0.2, -0.15) is 0 Å². The maximum absolute atomic E-state index is 11.5. The second-order valence-corrected chi connectivity index (χ2v) is 6.56. The van der Waals surface area contributed by atoms with Crippen LogP contribution in [-0.2, 0) is 4.74 Å². The van der Waals surface area contributed by atoms with Crippen LogP contribution in [0.2, 0.25) is 10.0 Å². The lowest BCUT2D eigenvalue weighted by molar-refractivity contribution is 0.0123. The molecule has 0 aliphatic carbocycles. The Hall–Kier alpha value is -1.08. The van der Waals surface area contributed by atoms with Gasteiger partial charge in [-0.05, 0) is 27.2 Å². The summed E-state index contributed by atoms with van der Waals surface area (Å²) in [5.74, 6) is 0. The highest BCUT2D eigenvalue weighted by Gasteiger charge is 2.24. The molecular weight excluding hydrogens is 331 g/mol. The van der Waals surface area contributed by atoms with E-state index in [0.29, 0.717) is 0 Å². The molecule has 1 heterocycles.